The van der Waals surface area contributed by atoms with Crippen molar-refractivity contribution in [1.82, 2.24) is 0 Å². The van der Waals surface area contributed by atoms with E-state index < -0.39 is 0 Å². The van der Waals surface area contributed by atoms with Gasteiger partial charge in [0.25, 0.3) is 0 Å². The Labute approximate surface area is 157 Å². The maximum absolute atomic E-state index is 12.4. The largest absolute Gasteiger partial charge is 0.493 e. The number of Topliss-reactive ketones (excluding diaryl/α,β-unsaturated/α-hetero) is 1. The Morgan fingerprint density at radius 1 is 1.04 bits per heavy atom. The molecule has 2 aromatic carbocycles. The fraction of sp³-hybridized carbons (Fsp3) is 0.300. The molecule has 1 saturated carbocycles. The number of benzene rings is 2. The first kappa shape index (κ1) is 18.3. The predicted octanol–water partition coefficient (Wildman–Crippen LogP) is 4.03. The lowest BCUT2D eigenvalue weighted by molar-refractivity contribution is -0.117. The lowest BCUT2D eigenvalue weighted by Crippen LogP contribution is -2.12. The van der Waals surface area contributed by atoms with Gasteiger partial charge in [0.15, 0.2) is 17.3 Å². The minimum Gasteiger partial charge on any atom is -0.493 e. The van der Waals surface area contributed by atoms with E-state index in [2.05, 4.69) is 5.32 Å². The first-order valence-electron chi connectivity index (χ1n) is 8.39. The average molecular weight is 371 g/mol. The number of thioether (sulfide) groups is 1. The van der Waals surface area contributed by atoms with E-state index in [1.807, 2.05) is 24.3 Å². The van der Waals surface area contributed by atoms with Crippen molar-refractivity contribution in [1.29, 1.82) is 0 Å². The number of ketones is 1. The molecule has 0 spiro atoms. The molecule has 1 fully saturated rings. The summed E-state index contributed by atoms with van der Waals surface area (Å²) in [5, 5.41) is 2.90. The maximum Gasteiger partial charge on any atom is 0.227 e. The highest BCUT2D eigenvalue weighted by Crippen LogP contribution is 2.31. The molecule has 1 N–H and O–H groups in total. The first-order chi connectivity index (χ1) is 12.6. The van der Waals surface area contributed by atoms with Crippen molar-refractivity contribution in [3.05, 3.63) is 48.0 Å². The van der Waals surface area contributed by atoms with Crippen LogP contribution in [0.15, 0.2) is 47.4 Å². The SMILES string of the molecule is COc1ccc(C(=O)CSc2ccc(NC(=O)C3CC3)cc2)cc1OC. The number of amides is 1. The molecule has 0 heterocycles. The predicted molar refractivity (Wildman–Crippen MR) is 102 cm³/mol. The molecule has 0 atom stereocenters. The van der Waals surface area contributed by atoms with Crippen LogP contribution in [0.2, 0.25) is 0 Å². The van der Waals surface area contributed by atoms with Crippen LogP contribution in [0.25, 0.3) is 0 Å². The highest BCUT2D eigenvalue weighted by atomic mass is 32.2. The standard InChI is InChI=1S/C20H21NO4S/c1-24-18-10-5-14(11-19(18)25-2)17(22)12-26-16-8-6-15(7-9-16)21-20(23)13-3-4-13/h5-11,13H,3-4,12H2,1-2H3,(H,21,23). The van der Waals surface area contributed by atoms with Crippen molar-refractivity contribution in [2.24, 2.45) is 5.92 Å². The Kier molecular flexibility index (Phi) is 5.83. The summed E-state index contributed by atoms with van der Waals surface area (Å²) in [6, 6.07) is 12.7. The topological polar surface area (TPSA) is 64.6 Å². The van der Waals surface area contributed by atoms with Crippen molar-refractivity contribution < 1.29 is 19.1 Å². The smallest absolute Gasteiger partial charge is 0.227 e. The molecule has 6 heteroatoms. The lowest BCUT2D eigenvalue weighted by atomic mass is 10.1. The van der Waals surface area contributed by atoms with Gasteiger partial charge in [-0.2, -0.15) is 0 Å². The van der Waals surface area contributed by atoms with Gasteiger partial charge in [-0.3, -0.25) is 9.59 Å². The fourth-order valence-corrected chi connectivity index (χ4v) is 3.26. The highest BCUT2D eigenvalue weighted by Gasteiger charge is 2.29. The summed E-state index contributed by atoms with van der Waals surface area (Å²) in [6.07, 6.45) is 1.97. The van der Waals surface area contributed by atoms with Crippen molar-refractivity contribution in [2.75, 3.05) is 25.3 Å². The fourth-order valence-electron chi connectivity index (χ4n) is 2.47. The van der Waals surface area contributed by atoms with E-state index >= 15 is 0 Å². The second-order valence-electron chi connectivity index (χ2n) is 6.07. The van der Waals surface area contributed by atoms with Crippen molar-refractivity contribution >= 4 is 29.1 Å². The number of ether oxygens (including phenoxy) is 2. The van der Waals surface area contributed by atoms with E-state index in [4.69, 9.17) is 9.47 Å². The van der Waals surface area contributed by atoms with E-state index in [9.17, 15) is 9.59 Å². The average Bonchev–Trinajstić information content (AvgIpc) is 3.52. The van der Waals surface area contributed by atoms with Crippen LogP contribution in [-0.4, -0.2) is 31.7 Å². The molecule has 1 aliphatic carbocycles. The van der Waals surface area contributed by atoms with Gasteiger partial charge < -0.3 is 14.8 Å². The van der Waals surface area contributed by atoms with Crippen molar-refractivity contribution in [3.8, 4) is 11.5 Å². The molecule has 3 rings (SSSR count). The van der Waals surface area contributed by atoms with Crippen LogP contribution in [0.5, 0.6) is 11.5 Å². The minimum absolute atomic E-state index is 0.0158. The number of nitrogens with one attached hydrogen (secondary N) is 1. The molecule has 0 bridgehead atoms. The molecular weight excluding hydrogens is 350 g/mol. The molecule has 0 aromatic heterocycles. The molecule has 0 saturated heterocycles. The lowest BCUT2D eigenvalue weighted by Gasteiger charge is -2.09. The number of rotatable bonds is 8. The second-order valence-corrected chi connectivity index (χ2v) is 7.12. The third-order valence-corrected chi connectivity index (χ3v) is 5.16. The number of anilines is 1. The molecule has 1 amide bonds. The third kappa shape index (κ3) is 4.58. The summed E-state index contributed by atoms with van der Waals surface area (Å²) in [5.41, 5.74) is 1.38. The normalized spacial score (nSPS) is 13.2. The van der Waals surface area contributed by atoms with Gasteiger partial charge in [0.05, 0.1) is 20.0 Å². The van der Waals surface area contributed by atoms with Crippen LogP contribution in [0.1, 0.15) is 23.2 Å². The van der Waals surface area contributed by atoms with Gasteiger partial charge in [-0.15, -0.1) is 11.8 Å². The monoisotopic (exact) mass is 371 g/mol. The van der Waals surface area contributed by atoms with Gasteiger partial charge in [0.2, 0.25) is 5.91 Å². The summed E-state index contributed by atoms with van der Waals surface area (Å²) in [5.74, 6) is 1.75. The summed E-state index contributed by atoms with van der Waals surface area (Å²) in [4.78, 5) is 25.1. The Balaban J connectivity index is 1.56. The van der Waals surface area contributed by atoms with Crippen LogP contribution in [0, 0.1) is 5.92 Å². The van der Waals surface area contributed by atoms with Crippen LogP contribution in [-0.2, 0) is 4.79 Å². The van der Waals surface area contributed by atoms with Crippen molar-refractivity contribution in [3.63, 3.8) is 0 Å². The van der Waals surface area contributed by atoms with Crippen LogP contribution in [0.3, 0.4) is 0 Å². The van der Waals surface area contributed by atoms with Crippen molar-refractivity contribution in [2.45, 2.75) is 17.7 Å². The highest BCUT2D eigenvalue weighted by molar-refractivity contribution is 8.00. The molecule has 1 aliphatic rings. The van der Waals surface area contributed by atoms with Crippen LogP contribution >= 0.6 is 11.8 Å². The van der Waals surface area contributed by atoms with Gasteiger partial charge in [-0.25, -0.2) is 0 Å². The second kappa shape index (κ2) is 8.27. The molecule has 26 heavy (non-hydrogen) atoms. The summed E-state index contributed by atoms with van der Waals surface area (Å²) in [7, 11) is 3.11. The zero-order valence-electron chi connectivity index (χ0n) is 14.8. The number of carbonyl (C=O) groups is 2. The summed E-state index contributed by atoms with van der Waals surface area (Å²) in [6.45, 7) is 0. The van der Waals surface area contributed by atoms with E-state index in [1.165, 1.54) is 11.8 Å². The minimum atomic E-state index is 0.0158. The summed E-state index contributed by atoms with van der Waals surface area (Å²) < 4.78 is 10.4. The number of hydrogen-bond acceptors (Lipinski definition) is 5. The number of hydrogen-bond donors (Lipinski definition) is 1. The molecule has 0 radical (unpaired) electrons. The van der Waals surface area contributed by atoms with Crippen LogP contribution < -0.4 is 14.8 Å². The molecule has 2 aromatic rings. The van der Waals surface area contributed by atoms with E-state index in [0.29, 0.717) is 22.8 Å². The molecule has 0 unspecified atom stereocenters. The molecule has 136 valence electrons. The molecular formula is C20H21NO4S. The Hall–Kier alpha value is -2.47. The number of methoxy groups -OCH3 is 2. The quantitative estimate of drug-likeness (QED) is 0.561. The number of carbonyl (C=O) groups excluding carboxylic acids is 2. The summed E-state index contributed by atoms with van der Waals surface area (Å²) >= 11 is 1.46. The zero-order valence-corrected chi connectivity index (χ0v) is 15.6. The van der Waals surface area contributed by atoms with Gasteiger partial charge >= 0.3 is 0 Å². The van der Waals surface area contributed by atoms with Gasteiger partial charge in [-0.05, 0) is 55.3 Å². The first-order valence-corrected chi connectivity index (χ1v) is 9.38. The molecule has 5 nitrogen and oxygen atoms in total. The van der Waals surface area contributed by atoms with E-state index in [0.717, 1.165) is 23.4 Å². The Morgan fingerprint density at radius 2 is 1.73 bits per heavy atom. The third-order valence-electron chi connectivity index (χ3n) is 4.15. The van der Waals surface area contributed by atoms with Gasteiger partial charge in [-0.1, -0.05) is 0 Å². The van der Waals surface area contributed by atoms with E-state index in [1.54, 1.807) is 32.4 Å². The Morgan fingerprint density at radius 3 is 2.35 bits per heavy atom. The Bertz CT molecular complexity index is 800. The maximum atomic E-state index is 12.4. The molecule has 0 aliphatic heterocycles. The van der Waals surface area contributed by atoms with Gasteiger partial charge in [0, 0.05) is 22.1 Å². The van der Waals surface area contributed by atoms with E-state index in [-0.39, 0.29) is 17.6 Å². The van der Waals surface area contributed by atoms with Crippen LogP contribution in [0.4, 0.5) is 5.69 Å². The zero-order chi connectivity index (χ0) is 18.5. The van der Waals surface area contributed by atoms with Gasteiger partial charge in [0.1, 0.15) is 0 Å².